The molecule has 3 unspecified atom stereocenters. The fourth-order valence-electron chi connectivity index (χ4n) is 4.64. The number of piperidine rings is 1. The predicted octanol–water partition coefficient (Wildman–Crippen LogP) is 1.79. The van der Waals surface area contributed by atoms with Gasteiger partial charge in [-0.25, -0.2) is 0 Å². The van der Waals surface area contributed by atoms with E-state index in [1.807, 2.05) is 0 Å². The summed E-state index contributed by atoms with van der Waals surface area (Å²) >= 11 is 0. The summed E-state index contributed by atoms with van der Waals surface area (Å²) in [5.74, 6) is 1.98. The van der Waals surface area contributed by atoms with E-state index in [0.717, 1.165) is 23.9 Å². The number of hydrogen-bond donors (Lipinski definition) is 1. The van der Waals surface area contributed by atoms with E-state index in [1.165, 1.54) is 64.8 Å². The van der Waals surface area contributed by atoms with E-state index < -0.39 is 0 Å². The molecule has 0 amide bonds. The Morgan fingerprint density at radius 2 is 1.95 bits per heavy atom. The molecule has 0 aromatic carbocycles. The Bertz CT molecular complexity index is 286. The van der Waals surface area contributed by atoms with E-state index in [1.54, 1.807) is 0 Å². The average Bonchev–Trinajstić information content (AvgIpc) is 3.04. The Morgan fingerprint density at radius 3 is 2.68 bits per heavy atom. The summed E-state index contributed by atoms with van der Waals surface area (Å²) in [5, 5.41) is 3.80. The number of nitrogens with one attached hydrogen (secondary N) is 1. The largest absolute Gasteiger partial charge is 0.312 e. The van der Waals surface area contributed by atoms with Gasteiger partial charge in [-0.05, 0) is 70.7 Å². The lowest BCUT2D eigenvalue weighted by Crippen LogP contribution is -2.48. The molecule has 3 heteroatoms. The highest BCUT2D eigenvalue weighted by Crippen LogP contribution is 2.38. The zero-order valence-electron chi connectivity index (χ0n) is 12.8. The van der Waals surface area contributed by atoms with Crippen LogP contribution >= 0.6 is 0 Å². The van der Waals surface area contributed by atoms with Crippen LogP contribution in [0.5, 0.6) is 0 Å². The third-order valence-electron chi connectivity index (χ3n) is 5.99. The zero-order valence-corrected chi connectivity index (χ0v) is 12.8. The molecule has 1 N–H and O–H groups in total. The fourth-order valence-corrected chi connectivity index (χ4v) is 4.64. The van der Waals surface area contributed by atoms with Crippen LogP contribution < -0.4 is 5.32 Å². The van der Waals surface area contributed by atoms with Crippen LogP contribution in [0, 0.1) is 11.8 Å². The molecule has 2 saturated heterocycles. The van der Waals surface area contributed by atoms with E-state index in [4.69, 9.17) is 0 Å². The highest BCUT2D eigenvalue weighted by Gasteiger charge is 2.39. The van der Waals surface area contributed by atoms with Crippen LogP contribution in [0.1, 0.15) is 39.0 Å². The molecule has 19 heavy (non-hydrogen) atoms. The maximum absolute atomic E-state index is 3.80. The Balaban J connectivity index is 1.47. The molecule has 2 aliphatic heterocycles. The monoisotopic (exact) mass is 265 g/mol. The molecule has 110 valence electrons. The first-order chi connectivity index (χ1) is 9.28. The number of rotatable bonds is 4. The quantitative estimate of drug-likeness (QED) is 0.836. The molecular weight excluding hydrogens is 234 g/mol. The Labute approximate surface area is 118 Å². The first-order valence-electron chi connectivity index (χ1n) is 8.44. The SMILES string of the molecule is CCN1CCC(N(C)CC2NCC3CCCC32)CC1. The van der Waals surface area contributed by atoms with Crippen molar-refractivity contribution in [1.29, 1.82) is 0 Å². The number of likely N-dealkylation sites (tertiary alicyclic amines) is 1. The van der Waals surface area contributed by atoms with E-state index in [-0.39, 0.29) is 0 Å². The topological polar surface area (TPSA) is 18.5 Å². The number of hydrogen-bond acceptors (Lipinski definition) is 3. The number of nitrogens with zero attached hydrogens (tertiary/aromatic N) is 2. The van der Waals surface area contributed by atoms with Gasteiger partial charge in [-0.2, -0.15) is 0 Å². The Morgan fingerprint density at radius 1 is 1.16 bits per heavy atom. The predicted molar refractivity (Wildman–Crippen MR) is 80.4 cm³/mol. The van der Waals surface area contributed by atoms with Gasteiger partial charge in [0.1, 0.15) is 0 Å². The van der Waals surface area contributed by atoms with Gasteiger partial charge < -0.3 is 15.1 Å². The normalized spacial score (nSPS) is 37.1. The van der Waals surface area contributed by atoms with Crippen LogP contribution in [0.15, 0.2) is 0 Å². The Hall–Kier alpha value is -0.120. The molecule has 3 rings (SSSR count). The third kappa shape index (κ3) is 2.98. The van der Waals surface area contributed by atoms with Gasteiger partial charge in [-0.15, -0.1) is 0 Å². The van der Waals surface area contributed by atoms with Crippen molar-refractivity contribution in [2.24, 2.45) is 11.8 Å². The van der Waals surface area contributed by atoms with E-state index in [0.29, 0.717) is 0 Å². The van der Waals surface area contributed by atoms with Crippen molar-refractivity contribution in [3.63, 3.8) is 0 Å². The second-order valence-electron chi connectivity index (χ2n) is 6.97. The van der Waals surface area contributed by atoms with Crippen molar-refractivity contribution in [3.8, 4) is 0 Å². The molecule has 3 fully saturated rings. The molecule has 0 aromatic rings. The smallest absolute Gasteiger partial charge is 0.0226 e. The average molecular weight is 265 g/mol. The summed E-state index contributed by atoms with van der Waals surface area (Å²) in [6.45, 7) is 8.68. The van der Waals surface area contributed by atoms with Crippen LogP contribution in [0.3, 0.4) is 0 Å². The van der Waals surface area contributed by atoms with Gasteiger partial charge in [0.2, 0.25) is 0 Å². The molecule has 2 heterocycles. The lowest BCUT2D eigenvalue weighted by atomic mass is 9.93. The minimum Gasteiger partial charge on any atom is -0.312 e. The van der Waals surface area contributed by atoms with Crippen molar-refractivity contribution in [2.45, 2.75) is 51.1 Å². The minimum absolute atomic E-state index is 0.779. The molecular formula is C16H31N3. The molecule has 0 aromatic heterocycles. The lowest BCUT2D eigenvalue weighted by Gasteiger charge is -2.38. The van der Waals surface area contributed by atoms with E-state index >= 15 is 0 Å². The maximum atomic E-state index is 3.80. The van der Waals surface area contributed by atoms with Crippen LogP contribution in [-0.4, -0.2) is 61.7 Å². The lowest BCUT2D eigenvalue weighted by molar-refractivity contribution is 0.119. The Kier molecular flexibility index (Phi) is 4.45. The molecule has 1 aliphatic carbocycles. The molecule has 0 bridgehead atoms. The standard InChI is InChI=1S/C16H31N3/c1-3-19-9-7-14(8-10-19)18(2)12-16-15-6-4-5-13(15)11-17-16/h13-17H,3-12H2,1-2H3. The highest BCUT2D eigenvalue weighted by molar-refractivity contribution is 4.96. The van der Waals surface area contributed by atoms with Gasteiger partial charge in [-0.3, -0.25) is 0 Å². The number of likely N-dealkylation sites (N-methyl/N-ethyl adjacent to an activating group) is 1. The summed E-state index contributed by atoms with van der Waals surface area (Å²) < 4.78 is 0. The van der Waals surface area contributed by atoms with E-state index in [2.05, 4.69) is 29.1 Å². The summed E-state index contributed by atoms with van der Waals surface area (Å²) in [4.78, 5) is 5.25. The van der Waals surface area contributed by atoms with Crippen molar-refractivity contribution in [2.75, 3.05) is 39.8 Å². The van der Waals surface area contributed by atoms with Crippen LogP contribution in [0.25, 0.3) is 0 Å². The zero-order chi connectivity index (χ0) is 13.2. The third-order valence-corrected chi connectivity index (χ3v) is 5.99. The van der Waals surface area contributed by atoms with Gasteiger partial charge in [-0.1, -0.05) is 13.3 Å². The molecule has 1 saturated carbocycles. The van der Waals surface area contributed by atoms with Crippen molar-refractivity contribution >= 4 is 0 Å². The highest BCUT2D eigenvalue weighted by atomic mass is 15.2. The van der Waals surface area contributed by atoms with E-state index in [9.17, 15) is 0 Å². The molecule has 0 spiro atoms. The summed E-state index contributed by atoms with van der Waals surface area (Å²) in [6.07, 6.45) is 7.17. The van der Waals surface area contributed by atoms with Crippen molar-refractivity contribution in [3.05, 3.63) is 0 Å². The molecule has 3 atom stereocenters. The minimum atomic E-state index is 0.779. The molecule has 3 nitrogen and oxygen atoms in total. The maximum Gasteiger partial charge on any atom is 0.0226 e. The van der Waals surface area contributed by atoms with Gasteiger partial charge in [0.15, 0.2) is 0 Å². The van der Waals surface area contributed by atoms with Crippen LogP contribution in [-0.2, 0) is 0 Å². The van der Waals surface area contributed by atoms with Crippen molar-refractivity contribution < 1.29 is 0 Å². The fraction of sp³-hybridized carbons (Fsp3) is 1.00. The van der Waals surface area contributed by atoms with Crippen LogP contribution in [0.4, 0.5) is 0 Å². The summed E-state index contributed by atoms with van der Waals surface area (Å²) in [5.41, 5.74) is 0. The summed E-state index contributed by atoms with van der Waals surface area (Å²) in [7, 11) is 2.36. The second kappa shape index (κ2) is 6.11. The van der Waals surface area contributed by atoms with Gasteiger partial charge in [0, 0.05) is 18.6 Å². The number of fused-ring (bicyclic) bond motifs is 1. The summed E-state index contributed by atoms with van der Waals surface area (Å²) in [6, 6.07) is 1.60. The van der Waals surface area contributed by atoms with Gasteiger partial charge in [0.05, 0.1) is 0 Å². The van der Waals surface area contributed by atoms with Crippen molar-refractivity contribution in [1.82, 2.24) is 15.1 Å². The van der Waals surface area contributed by atoms with Gasteiger partial charge in [0.25, 0.3) is 0 Å². The first-order valence-corrected chi connectivity index (χ1v) is 8.44. The molecule has 3 aliphatic rings. The molecule has 0 radical (unpaired) electrons. The second-order valence-corrected chi connectivity index (χ2v) is 6.97. The van der Waals surface area contributed by atoms with Gasteiger partial charge >= 0.3 is 0 Å². The van der Waals surface area contributed by atoms with Crippen LogP contribution in [0.2, 0.25) is 0 Å². The first kappa shape index (κ1) is 13.8.